The van der Waals surface area contributed by atoms with Gasteiger partial charge in [0.2, 0.25) is 0 Å². The fourth-order valence-corrected chi connectivity index (χ4v) is 7.68. The first-order chi connectivity index (χ1) is 23.2. The van der Waals surface area contributed by atoms with Gasteiger partial charge in [-0.15, -0.1) is 0 Å². The zero-order valence-electron chi connectivity index (χ0n) is 27.6. The molecule has 264 valence electrons. The van der Waals surface area contributed by atoms with Crippen molar-refractivity contribution in [2.24, 2.45) is 4.99 Å². The number of aliphatic imine (C=N–C) groups is 1. The molecule has 0 radical (unpaired) electrons. The zero-order chi connectivity index (χ0) is 35.5. The number of sulfonamides is 1. The number of amidine groups is 1. The van der Waals surface area contributed by atoms with Crippen molar-refractivity contribution in [2.75, 3.05) is 65.5 Å². The summed E-state index contributed by atoms with van der Waals surface area (Å²) in [7, 11) is -4.68. The number of sulfone groups is 1. The van der Waals surface area contributed by atoms with Crippen molar-refractivity contribution in [3.05, 3.63) is 93.5 Å². The summed E-state index contributed by atoms with van der Waals surface area (Å²) in [5, 5.41) is 1.06. The predicted molar refractivity (Wildman–Crippen MR) is 189 cm³/mol. The van der Waals surface area contributed by atoms with Crippen LogP contribution in [0.4, 0.5) is 4.79 Å². The highest BCUT2D eigenvalue weighted by molar-refractivity contribution is 7.90. The Morgan fingerprint density at radius 3 is 2.06 bits per heavy atom. The van der Waals surface area contributed by atoms with Gasteiger partial charge in [-0.25, -0.2) is 21.6 Å². The van der Waals surface area contributed by atoms with Gasteiger partial charge in [-0.1, -0.05) is 51.9 Å². The lowest BCUT2D eigenvalue weighted by Gasteiger charge is -2.39. The molecule has 3 aromatic carbocycles. The molecule has 0 N–H and O–H groups in total. The van der Waals surface area contributed by atoms with E-state index in [1.807, 2.05) is 36.1 Å². The number of urea groups is 1. The summed E-state index contributed by atoms with van der Waals surface area (Å²) >= 11 is 12.6. The molecule has 5 rings (SSSR count). The highest BCUT2D eigenvalue weighted by Crippen LogP contribution is 2.46. The molecule has 2 amide bonds. The summed E-state index contributed by atoms with van der Waals surface area (Å²) in [6.07, 6.45) is 1.21. The van der Waals surface area contributed by atoms with Gasteiger partial charge < -0.3 is 9.64 Å². The van der Waals surface area contributed by atoms with E-state index in [1.54, 1.807) is 40.1 Å². The lowest BCUT2D eigenvalue weighted by molar-refractivity contribution is -0.0258. The Kier molecular flexibility index (Phi) is 11.6. The topological polar surface area (TPSA) is 129 Å². The molecule has 0 aliphatic carbocycles. The van der Waals surface area contributed by atoms with E-state index in [0.29, 0.717) is 54.1 Å². The van der Waals surface area contributed by atoms with Crippen molar-refractivity contribution < 1.29 is 31.2 Å². The van der Waals surface area contributed by atoms with Gasteiger partial charge in [-0.2, -0.15) is 0 Å². The van der Waals surface area contributed by atoms with Crippen LogP contribution in [0.25, 0.3) is 0 Å². The van der Waals surface area contributed by atoms with Gasteiger partial charge in [0.25, 0.3) is 10.0 Å². The summed E-state index contributed by atoms with van der Waals surface area (Å²) < 4.78 is 57.1. The van der Waals surface area contributed by atoms with Crippen LogP contribution < -0.4 is 4.74 Å². The van der Waals surface area contributed by atoms with Crippen LogP contribution in [0, 0.1) is 0 Å². The molecule has 1 saturated heterocycles. The number of piperazine rings is 1. The lowest BCUT2D eigenvalue weighted by atomic mass is 9.93. The van der Waals surface area contributed by atoms with Crippen LogP contribution in [0.1, 0.15) is 35.7 Å². The standard InChI is InChI=1S/C33H39Cl2N5O7S2/c1-5-47-29-15-14-27(49(44,45)37(2)46-3)22-28(29)32-36-30(23-6-10-25(34)11-7-23)31(24-8-12-26(35)13-9-24)40(32)33(41)39-18-16-38(17-19-39)20-21-48(4,42)43/h6-15,22,30-31H,5,16-21H2,1-4H3/t30-,31+/m0/s1. The third-order valence-corrected chi connectivity index (χ3v) is 11.6. The first-order valence-corrected chi connectivity index (χ1v) is 19.9. The molecule has 0 bridgehead atoms. The van der Waals surface area contributed by atoms with Crippen LogP contribution in [-0.4, -0.2) is 113 Å². The first kappa shape index (κ1) is 37.0. The third kappa shape index (κ3) is 8.39. The fraction of sp³-hybridized carbons (Fsp3) is 0.394. The molecule has 16 heteroatoms. The molecule has 0 saturated carbocycles. The van der Waals surface area contributed by atoms with Gasteiger partial charge in [0.1, 0.15) is 27.5 Å². The van der Waals surface area contributed by atoms with Gasteiger partial charge in [0.05, 0.1) is 36.0 Å². The lowest BCUT2D eigenvalue weighted by Crippen LogP contribution is -2.54. The molecule has 2 atom stereocenters. The maximum atomic E-state index is 14.8. The minimum absolute atomic E-state index is 0.0308. The molecule has 2 aliphatic rings. The Balaban J connectivity index is 1.65. The second-order valence-corrected chi connectivity index (χ2v) is 16.8. The number of amides is 2. The Morgan fingerprint density at radius 2 is 1.51 bits per heavy atom. The van der Waals surface area contributed by atoms with E-state index in [2.05, 4.69) is 0 Å². The number of hydrogen-bond acceptors (Lipinski definition) is 9. The van der Waals surface area contributed by atoms with Crippen LogP contribution in [0.3, 0.4) is 0 Å². The van der Waals surface area contributed by atoms with Crippen LogP contribution in [0.15, 0.2) is 76.6 Å². The molecule has 3 aromatic rings. The molecular formula is C33H39Cl2N5O7S2. The molecule has 0 unspecified atom stereocenters. The zero-order valence-corrected chi connectivity index (χ0v) is 30.8. The monoisotopic (exact) mass is 751 g/mol. The van der Waals surface area contributed by atoms with Crippen LogP contribution in [0.2, 0.25) is 10.0 Å². The van der Waals surface area contributed by atoms with Gasteiger partial charge in [0, 0.05) is 56.1 Å². The van der Waals surface area contributed by atoms with E-state index >= 15 is 0 Å². The van der Waals surface area contributed by atoms with Crippen molar-refractivity contribution in [3.63, 3.8) is 0 Å². The summed E-state index contributed by atoms with van der Waals surface area (Å²) in [6.45, 7) is 4.10. The van der Waals surface area contributed by atoms with E-state index in [-0.39, 0.29) is 29.1 Å². The van der Waals surface area contributed by atoms with Crippen LogP contribution in [0.5, 0.6) is 5.75 Å². The molecule has 12 nitrogen and oxygen atoms in total. The van der Waals surface area contributed by atoms with Gasteiger partial charge in [-0.3, -0.25) is 19.6 Å². The van der Waals surface area contributed by atoms with E-state index in [1.165, 1.54) is 32.5 Å². The molecular weight excluding hydrogens is 713 g/mol. The first-order valence-electron chi connectivity index (χ1n) is 15.6. The van der Waals surface area contributed by atoms with Crippen molar-refractivity contribution in [3.8, 4) is 5.75 Å². The summed E-state index contributed by atoms with van der Waals surface area (Å²) in [5.41, 5.74) is 1.84. The third-order valence-electron chi connectivity index (χ3n) is 8.50. The normalized spacial score (nSPS) is 19.0. The largest absolute Gasteiger partial charge is 0.493 e. The second kappa shape index (κ2) is 15.3. The quantitative estimate of drug-likeness (QED) is 0.253. The average Bonchev–Trinajstić information content (AvgIpc) is 3.47. The number of ether oxygens (including phenoxy) is 1. The Labute approximate surface area is 297 Å². The Morgan fingerprint density at radius 1 is 0.918 bits per heavy atom. The maximum absolute atomic E-state index is 14.8. The smallest absolute Gasteiger partial charge is 0.326 e. The SMILES string of the molecule is CCOc1ccc(S(=O)(=O)N(C)OC)cc1C1=N[C@@H](c2ccc(Cl)cc2)[C@@H](c2ccc(Cl)cc2)N1C(=O)N1CCN(CCS(C)(=O)=O)CC1. The second-order valence-electron chi connectivity index (χ2n) is 11.7. The molecule has 1 fully saturated rings. The molecule has 2 heterocycles. The van der Waals surface area contributed by atoms with Gasteiger partial charge >= 0.3 is 6.03 Å². The minimum Gasteiger partial charge on any atom is -0.493 e. The van der Waals surface area contributed by atoms with E-state index in [9.17, 15) is 21.6 Å². The van der Waals surface area contributed by atoms with Crippen molar-refractivity contribution in [1.82, 2.24) is 19.2 Å². The fourth-order valence-electron chi connectivity index (χ4n) is 5.84. The Bertz CT molecular complexity index is 1900. The van der Waals surface area contributed by atoms with Crippen molar-refractivity contribution >= 4 is 54.9 Å². The van der Waals surface area contributed by atoms with Gasteiger partial charge in [-0.05, 0) is 60.5 Å². The number of carbonyl (C=O) groups is 1. The number of nitrogens with zero attached hydrogens (tertiary/aromatic N) is 5. The Hall–Kier alpha value is -3.24. The summed E-state index contributed by atoms with van der Waals surface area (Å²) in [5.74, 6) is 0.600. The predicted octanol–water partition coefficient (Wildman–Crippen LogP) is 4.90. The van der Waals surface area contributed by atoms with E-state index in [4.69, 9.17) is 37.8 Å². The van der Waals surface area contributed by atoms with Gasteiger partial charge in [0.15, 0.2) is 0 Å². The number of carbonyl (C=O) groups excluding carboxylic acids is 1. The molecule has 49 heavy (non-hydrogen) atoms. The highest BCUT2D eigenvalue weighted by Gasteiger charge is 2.45. The number of benzene rings is 3. The molecule has 0 aromatic heterocycles. The number of rotatable bonds is 11. The summed E-state index contributed by atoms with van der Waals surface area (Å²) in [6, 6.07) is 17.2. The minimum atomic E-state index is -4.09. The molecule has 2 aliphatic heterocycles. The molecule has 0 spiro atoms. The van der Waals surface area contributed by atoms with Crippen LogP contribution in [-0.2, 0) is 24.7 Å². The number of hydroxylamine groups is 1. The van der Waals surface area contributed by atoms with Crippen molar-refractivity contribution in [2.45, 2.75) is 23.9 Å². The number of halogens is 2. The highest BCUT2D eigenvalue weighted by atomic mass is 35.5. The van der Waals surface area contributed by atoms with E-state index < -0.39 is 31.9 Å². The van der Waals surface area contributed by atoms with Crippen molar-refractivity contribution in [1.29, 1.82) is 0 Å². The maximum Gasteiger partial charge on any atom is 0.326 e. The number of hydrogen-bond donors (Lipinski definition) is 0. The average molecular weight is 753 g/mol. The van der Waals surface area contributed by atoms with Crippen LogP contribution >= 0.6 is 23.2 Å². The van der Waals surface area contributed by atoms with E-state index in [0.717, 1.165) is 15.6 Å². The summed E-state index contributed by atoms with van der Waals surface area (Å²) in [4.78, 5) is 30.2.